The topological polar surface area (TPSA) is 60.9 Å². The van der Waals surface area contributed by atoms with E-state index in [0.717, 1.165) is 24.0 Å². The molecule has 32 heavy (non-hydrogen) atoms. The number of carbonyl (C=O) groups is 3. The van der Waals surface area contributed by atoms with E-state index in [4.69, 9.17) is 0 Å². The van der Waals surface area contributed by atoms with Crippen LogP contribution in [0.25, 0.3) is 0 Å². The van der Waals surface area contributed by atoms with Gasteiger partial charge in [-0.2, -0.15) is 0 Å². The monoisotopic (exact) mass is 437 g/mol. The number of hydrogen-bond acceptors (Lipinski definition) is 3. The van der Waals surface area contributed by atoms with Gasteiger partial charge in [0.05, 0.1) is 6.42 Å². The largest absolute Gasteiger partial charge is 0.339 e. The Morgan fingerprint density at radius 2 is 1.50 bits per heavy atom. The maximum absolute atomic E-state index is 13.5. The predicted octanol–water partition coefficient (Wildman–Crippen LogP) is 2.79. The minimum atomic E-state index is -0.620. The highest BCUT2D eigenvalue weighted by Crippen LogP contribution is 2.28. The highest BCUT2D eigenvalue weighted by molar-refractivity contribution is 5.89. The molecular weight excluding hydrogens is 409 g/mol. The van der Waals surface area contributed by atoms with Crippen LogP contribution in [0.3, 0.4) is 0 Å². The van der Waals surface area contributed by atoms with Crippen molar-refractivity contribution in [2.75, 3.05) is 32.7 Å². The molecule has 4 rings (SSSR count). The summed E-state index contributed by atoms with van der Waals surface area (Å²) < 4.78 is 13.1. The molecule has 7 heteroatoms. The SMILES string of the molecule is O=C(Cc1ccc(F)cc1)N1CCN(C(=O)C(c2ccccc2)N2CCCCC2=O)CC1. The molecule has 0 saturated carbocycles. The van der Waals surface area contributed by atoms with Crippen LogP contribution in [-0.2, 0) is 20.8 Å². The molecular formula is C25H28FN3O3. The van der Waals surface area contributed by atoms with E-state index in [1.54, 1.807) is 26.8 Å². The fraction of sp³-hybridized carbons (Fsp3) is 0.400. The summed E-state index contributed by atoms with van der Waals surface area (Å²) in [6.07, 6.45) is 2.44. The molecule has 0 aliphatic carbocycles. The minimum absolute atomic E-state index is 0.0200. The molecule has 6 nitrogen and oxygen atoms in total. The van der Waals surface area contributed by atoms with Gasteiger partial charge in [0.1, 0.15) is 11.9 Å². The van der Waals surface area contributed by atoms with Crippen LogP contribution >= 0.6 is 0 Å². The van der Waals surface area contributed by atoms with Gasteiger partial charge in [0.2, 0.25) is 17.7 Å². The Kier molecular flexibility index (Phi) is 6.83. The fourth-order valence-corrected chi connectivity index (χ4v) is 4.43. The van der Waals surface area contributed by atoms with Crippen molar-refractivity contribution in [1.29, 1.82) is 0 Å². The highest BCUT2D eigenvalue weighted by Gasteiger charge is 2.36. The number of piperidine rings is 1. The second-order valence-corrected chi connectivity index (χ2v) is 8.37. The third-order valence-electron chi connectivity index (χ3n) is 6.23. The zero-order valence-corrected chi connectivity index (χ0v) is 18.1. The number of amides is 3. The lowest BCUT2D eigenvalue weighted by Crippen LogP contribution is -2.54. The van der Waals surface area contributed by atoms with Crippen molar-refractivity contribution in [2.24, 2.45) is 0 Å². The molecule has 2 fully saturated rings. The van der Waals surface area contributed by atoms with Gasteiger partial charge in [-0.3, -0.25) is 14.4 Å². The quantitative estimate of drug-likeness (QED) is 0.723. The summed E-state index contributed by atoms with van der Waals surface area (Å²) in [7, 11) is 0. The number of piperazine rings is 1. The molecule has 2 heterocycles. The summed E-state index contributed by atoms with van der Waals surface area (Å²) in [5, 5.41) is 0. The molecule has 3 amide bonds. The Morgan fingerprint density at radius 1 is 0.844 bits per heavy atom. The van der Waals surface area contributed by atoms with Gasteiger partial charge in [-0.1, -0.05) is 42.5 Å². The Labute approximate surface area is 187 Å². The maximum Gasteiger partial charge on any atom is 0.250 e. The molecule has 0 radical (unpaired) electrons. The molecule has 1 atom stereocenters. The predicted molar refractivity (Wildman–Crippen MR) is 118 cm³/mol. The molecule has 0 N–H and O–H groups in total. The second-order valence-electron chi connectivity index (χ2n) is 8.37. The van der Waals surface area contributed by atoms with Crippen molar-refractivity contribution in [2.45, 2.75) is 31.7 Å². The molecule has 2 saturated heterocycles. The number of nitrogens with zero attached hydrogens (tertiary/aromatic N) is 3. The van der Waals surface area contributed by atoms with Crippen LogP contribution in [-0.4, -0.2) is 65.1 Å². The standard InChI is InChI=1S/C25H28FN3O3/c26-21-11-9-19(10-12-21)18-23(31)27-14-16-28(17-15-27)25(32)24(20-6-2-1-3-7-20)29-13-5-4-8-22(29)30/h1-3,6-7,9-12,24H,4-5,8,13-18H2. The van der Waals surface area contributed by atoms with Crippen LogP contribution in [0, 0.1) is 5.82 Å². The number of benzene rings is 2. The fourth-order valence-electron chi connectivity index (χ4n) is 4.43. The molecule has 0 spiro atoms. The number of carbonyl (C=O) groups excluding carboxylic acids is 3. The van der Waals surface area contributed by atoms with Gasteiger partial charge in [0, 0.05) is 39.1 Å². The van der Waals surface area contributed by atoms with Crippen LogP contribution in [0.1, 0.15) is 36.4 Å². The summed E-state index contributed by atoms with van der Waals surface area (Å²) in [4.78, 5) is 44.0. The van der Waals surface area contributed by atoms with E-state index < -0.39 is 6.04 Å². The first-order valence-corrected chi connectivity index (χ1v) is 11.2. The normalized spacial score (nSPS) is 17.9. The second kappa shape index (κ2) is 9.94. The smallest absolute Gasteiger partial charge is 0.250 e. The van der Waals surface area contributed by atoms with E-state index in [0.29, 0.717) is 39.1 Å². The van der Waals surface area contributed by atoms with Gasteiger partial charge in [0.25, 0.3) is 0 Å². The third kappa shape index (κ3) is 4.98. The Bertz CT molecular complexity index is 956. The molecule has 1 unspecified atom stereocenters. The molecule has 2 aliphatic heterocycles. The number of rotatable bonds is 5. The van der Waals surface area contributed by atoms with Crippen molar-refractivity contribution in [3.63, 3.8) is 0 Å². The van der Waals surface area contributed by atoms with Crippen LogP contribution in [0.5, 0.6) is 0 Å². The highest BCUT2D eigenvalue weighted by atomic mass is 19.1. The average Bonchev–Trinajstić information content (AvgIpc) is 2.82. The maximum atomic E-state index is 13.5. The van der Waals surface area contributed by atoms with Crippen LogP contribution < -0.4 is 0 Å². The average molecular weight is 438 g/mol. The molecule has 2 aromatic carbocycles. The van der Waals surface area contributed by atoms with E-state index in [1.807, 2.05) is 30.3 Å². The molecule has 168 valence electrons. The van der Waals surface area contributed by atoms with Crippen molar-refractivity contribution in [3.05, 3.63) is 71.5 Å². The van der Waals surface area contributed by atoms with Gasteiger partial charge in [-0.25, -0.2) is 4.39 Å². The van der Waals surface area contributed by atoms with Gasteiger partial charge in [0.15, 0.2) is 0 Å². The summed E-state index contributed by atoms with van der Waals surface area (Å²) in [5.41, 5.74) is 1.59. The number of likely N-dealkylation sites (tertiary alicyclic amines) is 1. The Morgan fingerprint density at radius 3 is 2.16 bits per heavy atom. The summed E-state index contributed by atoms with van der Waals surface area (Å²) in [6.45, 7) is 2.33. The molecule has 0 bridgehead atoms. The first-order chi connectivity index (χ1) is 15.5. The van der Waals surface area contributed by atoms with Crippen molar-refractivity contribution in [1.82, 2.24) is 14.7 Å². The third-order valence-corrected chi connectivity index (χ3v) is 6.23. The van der Waals surface area contributed by atoms with Crippen molar-refractivity contribution >= 4 is 17.7 Å². The minimum Gasteiger partial charge on any atom is -0.339 e. The van der Waals surface area contributed by atoms with Crippen LogP contribution in [0.4, 0.5) is 4.39 Å². The van der Waals surface area contributed by atoms with E-state index in [2.05, 4.69) is 0 Å². The number of hydrogen-bond donors (Lipinski definition) is 0. The van der Waals surface area contributed by atoms with Gasteiger partial charge in [-0.05, 0) is 36.1 Å². The molecule has 2 aliphatic rings. The lowest BCUT2D eigenvalue weighted by molar-refractivity contribution is -0.150. The van der Waals surface area contributed by atoms with Crippen LogP contribution in [0.2, 0.25) is 0 Å². The van der Waals surface area contributed by atoms with Gasteiger partial charge >= 0.3 is 0 Å². The lowest BCUT2D eigenvalue weighted by Gasteiger charge is -2.40. The lowest BCUT2D eigenvalue weighted by atomic mass is 9.99. The van der Waals surface area contributed by atoms with Gasteiger partial charge in [-0.15, -0.1) is 0 Å². The van der Waals surface area contributed by atoms with Crippen molar-refractivity contribution < 1.29 is 18.8 Å². The number of halogens is 1. The Hall–Kier alpha value is -3.22. The zero-order valence-electron chi connectivity index (χ0n) is 18.1. The van der Waals surface area contributed by atoms with Crippen LogP contribution in [0.15, 0.2) is 54.6 Å². The summed E-state index contributed by atoms with van der Waals surface area (Å²) >= 11 is 0. The van der Waals surface area contributed by atoms with Crippen molar-refractivity contribution in [3.8, 4) is 0 Å². The molecule has 2 aromatic rings. The van der Waals surface area contributed by atoms with E-state index >= 15 is 0 Å². The van der Waals surface area contributed by atoms with E-state index in [-0.39, 0.29) is 30.0 Å². The molecule has 0 aromatic heterocycles. The Balaban J connectivity index is 1.41. The summed E-state index contributed by atoms with van der Waals surface area (Å²) in [6, 6.07) is 14.8. The summed E-state index contributed by atoms with van der Waals surface area (Å²) in [5.74, 6) is -0.424. The first kappa shape index (κ1) is 22.0. The zero-order chi connectivity index (χ0) is 22.5. The van der Waals surface area contributed by atoms with E-state index in [1.165, 1.54) is 12.1 Å². The van der Waals surface area contributed by atoms with Gasteiger partial charge < -0.3 is 14.7 Å². The van der Waals surface area contributed by atoms with E-state index in [9.17, 15) is 18.8 Å². The first-order valence-electron chi connectivity index (χ1n) is 11.2.